The predicted molar refractivity (Wildman–Crippen MR) is 140 cm³/mol. The van der Waals surface area contributed by atoms with Gasteiger partial charge >= 0.3 is 0 Å². The van der Waals surface area contributed by atoms with E-state index in [2.05, 4.69) is 41.6 Å². The summed E-state index contributed by atoms with van der Waals surface area (Å²) in [7, 11) is 0. The molecule has 2 N–H and O–H groups in total. The second-order valence-electron chi connectivity index (χ2n) is 7.78. The lowest BCUT2D eigenvalue weighted by Crippen LogP contribution is -2.38. The number of benzene rings is 1. The summed E-state index contributed by atoms with van der Waals surface area (Å²) in [5.74, 6) is 1.36. The van der Waals surface area contributed by atoms with Crippen molar-refractivity contribution in [2.75, 3.05) is 32.7 Å². The first-order chi connectivity index (χ1) is 14.5. The molecule has 2 aromatic rings. The van der Waals surface area contributed by atoms with Crippen LogP contribution in [0.2, 0.25) is 0 Å². The van der Waals surface area contributed by atoms with Crippen LogP contribution in [0.15, 0.2) is 35.3 Å². The van der Waals surface area contributed by atoms with E-state index in [9.17, 15) is 4.79 Å². The molecule has 31 heavy (non-hydrogen) atoms. The normalized spacial score (nSPS) is 16.4. The Hall–Kier alpha value is -1.68. The van der Waals surface area contributed by atoms with E-state index in [1.54, 1.807) is 11.3 Å². The summed E-state index contributed by atoms with van der Waals surface area (Å²) in [6.07, 6.45) is 2.44. The van der Waals surface area contributed by atoms with Crippen LogP contribution in [0, 0.1) is 19.8 Å². The summed E-state index contributed by atoms with van der Waals surface area (Å²) in [5, 5.41) is 7.84. The van der Waals surface area contributed by atoms with Gasteiger partial charge in [-0.25, -0.2) is 4.98 Å². The largest absolute Gasteiger partial charge is 0.357 e. The molecule has 3 rings (SSSR count). The van der Waals surface area contributed by atoms with Gasteiger partial charge in [-0.15, -0.1) is 35.3 Å². The average molecular weight is 556 g/mol. The fraction of sp³-hybridized carbons (Fsp3) is 0.522. The van der Waals surface area contributed by atoms with Crippen molar-refractivity contribution < 1.29 is 4.79 Å². The molecule has 6 nitrogen and oxygen atoms in total. The van der Waals surface area contributed by atoms with Crippen molar-refractivity contribution in [3.63, 3.8) is 0 Å². The first-order valence-electron chi connectivity index (χ1n) is 10.8. The molecule has 2 heterocycles. The van der Waals surface area contributed by atoms with Gasteiger partial charge in [-0.2, -0.15) is 0 Å². The molecule has 1 aromatic heterocycles. The highest BCUT2D eigenvalue weighted by Gasteiger charge is 2.29. The molecule has 0 spiro atoms. The molecular formula is C23H34IN5OS. The first kappa shape index (κ1) is 25.6. The molecule has 1 amide bonds. The number of aromatic nitrogens is 1. The highest BCUT2D eigenvalue weighted by atomic mass is 127. The lowest BCUT2D eigenvalue weighted by Gasteiger charge is -2.16. The van der Waals surface area contributed by atoms with Crippen LogP contribution >= 0.6 is 35.3 Å². The van der Waals surface area contributed by atoms with Gasteiger partial charge in [0.15, 0.2) is 5.96 Å². The smallest absolute Gasteiger partial charge is 0.223 e. The minimum atomic E-state index is 0. The van der Waals surface area contributed by atoms with Crippen molar-refractivity contribution in [1.82, 2.24) is 20.5 Å². The number of amides is 1. The number of carbonyl (C=O) groups is 1. The Bertz CT molecular complexity index is 855. The number of carbonyl (C=O) groups excluding carboxylic acids is 1. The van der Waals surface area contributed by atoms with E-state index in [0.717, 1.165) is 55.7 Å². The van der Waals surface area contributed by atoms with Crippen LogP contribution in [0.25, 0.3) is 0 Å². The van der Waals surface area contributed by atoms with Crippen molar-refractivity contribution in [3.05, 3.63) is 51.5 Å². The van der Waals surface area contributed by atoms with Crippen molar-refractivity contribution >= 4 is 47.2 Å². The molecular weight excluding hydrogens is 521 g/mol. The van der Waals surface area contributed by atoms with Crippen LogP contribution in [-0.2, 0) is 17.6 Å². The molecule has 0 radical (unpaired) electrons. The van der Waals surface area contributed by atoms with E-state index < -0.39 is 0 Å². The van der Waals surface area contributed by atoms with Crippen LogP contribution in [0.5, 0.6) is 0 Å². The summed E-state index contributed by atoms with van der Waals surface area (Å²) in [5.41, 5.74) is 2.40. The lowest BCUT2D eigenvalue weighted by molar-refractivity contribution is -0.127. The van der Waals surface area contributed by atoms with E-state index in [4.69, 9.17) is 4.99 Å². The lowest BCUT2D eigenvalue weighted by atomic mass is 10.1. The standard InChI is InChI=1S/C23H33N5OS.HI/c1-4-24-23(25-12-10-21-17(2)27-18(3)30-21)26-15-20-14-22(29)28(16-20)13-11-19-8-6-5-7-9-19;/h5-9,20H,4,10-16H2,1-3H3,(H2,24,25,26);1H. The van der Waals surface area contributed by atoms with E-state index in [1.165, 1.54) is 10.4 Å². The number of rotatable bonds is 9. The SMILES string of the molecule is CCNC(=NCC1CC(=O)N(CCc2ccccc2)C1)NCCc1sc(C)nc1C.I. The summed E-state index contributed by atoms with van der Waals surface area (Å²) >= 11 is 1.76. The van der Waals surface area contributed by atoms with Crippen molar-refractivity contribution in [1.29, 1.82) is 0 Å². The molecule has 1 aromatic carbocycles. The van der Waals surface area contributed by atoms with E-state index in [0.29, 0.717) is 13.0 Å². The zero-order valence-electron chi connectivity index (χ0n) is 18.7. The van der Waals surface area contributed by atoms with E-state index in [1.807, 2.05) is 30.0 Å². The number of hydrogen-bond donors (Lipinski definition) is 2. The second kappa shape index (κ2) is 13.0. The molecule has 1 fully saturated rings. The van der Waals surface area contributed by atoms with Gasteiger partial charge in [0, 0.05) is 56.4 Å². The van der Waals surface area contributed by atoms with E-state index >= 15 is 0 Å². The van der Waals surface area contributed by atoms with Crippen molar-refractivity contribution in [3.8, 4) is 0 Å². The van der Waals surface area contributed by atoms with Gasteiger partial charge in [0.05, 0.1) is 10.7 Å². The number of halogens is 1. The second-order valence-corrected chi connectivity index (χ2v) is 9.07. The summed E-state index contributed by atoms with van der Waals surface area (Å²) in [6.45, 7) is 10.1. The third kappa shape index (κ3) is 8.07. The Labute approximate surface area is 207 Å². The molecule has 8 heteroatoms. The van der Waals surface area contributed by atoms with Crippen LogP contribution in [0.1, 0.15) is 34.5 Å². The van der Waals surface area contributed by atoms with Crippen LogP contribution < -0.4 is 10.6 Å². The minimum absolute atomic E-state index is 0. The Morgan fingerprint density at radius 3 is 2.68 bits per heavy atom. The molecule has 1 aliphatic heterocycles. The zero-order valence-corrected chi connectivity index (χ0v) is 21.8. The van der Waals surface area contributed by atoms with Gasteiger partial charge in [0.2, 0.25) is 5.91 Å². The maximum Gasteiger partial charge on any atom is 0.223 e. The van der Waals surface area contributed by atoms with Gasteiger partial charge in [-0.1, -0.05) is 30.3 Å². The van der Waals surface area contributed by atoms with Crippen LogP contribution in [0.3, 0.4) is 0 Å². The number of nitrogens with one attached hydrogen (secondary N) is 2. The Balaban J connectivity index is 0.00000341. The van der Waals surface area contributed by atoms with Gasteiger partial charge in [0.25, 0.3) is 0 Å². The zero-order chi connectivity index (χ0) is 21.3. The topological polar surface area (TPSA) is 69.6 Å². The number of aliphatic imine (C=N–C) groups is 1. The van der Waals surface area contributed by atoms with Gasteiger partial charge in [-0.05, 0) is 32.8 Å². The molecule has 0 aliphatic carbocycles. The Morgan fingerprint density at radius 1 is 1.23 bits per heavy atom. The summed E-state index contributed by atoms with van der Waals surface area (Å²) in [6, 6.07) is 10.3. The van der Waals surface area contributed by atoms with E-state index in [-0.39, 0.29) is 35.8 Å². The fourth-order valence-electron chi connectivity index (χ4n) is 3.76. The maximum atomic E-state index is 12.4. The number of nitrogens with zero attached hydrogens (tertiary/aromatic N) is 3. The molecule has 0 bridgehead atoms. The molecule has 1 atom stereocenters. The Kier molecular flexibility index (Phi) is 10.7. The molecule has 1 aliphatic rings. The highest BCUT2D eigenvalue weighted by molar-refractivity contribution is 14.0. The van der Waals surface area contributed by atoms with Crippen molar-refractivity contribution in [2.45, 2.75) is 40.0 Å². The molecule has 170 valence electrons. The highest BCUT2D eigenvalue weighted by Crippen LogP contribution is 2.19. The quantitative estimate of drug-likeness (QED) is 0.282. The predicted octanol–water partition coefficient (Wildman–Crippen LogP) is 3.57. The van der Waals surface area contributed by atoms with Crippen molar-refractivity contribution in [2.24, 2.45) is 10.9 Å². The summed E-state index contributed by atoms with van der Waals surface area (Å²) < 4.78 is 0. The number of hydrogen-bond acceptors (Lipinski definition) is 4. The first-order valence-corrected chi connectivity index (χ1v) is 11.6. The maximum absolute atomic E-state index is 12.4. The third-order valence-electron chi connectivity index (χ3n) is 5.30. The number of thiazole rings is 1. The van der Waals surface area contributed by atoms with Gasteiger partial charge in [0.1, 0.15) is 0 Å². The monoisotopic (exact) mass is 555 g/mol. The van der Waals surface area contributed by atoms with Gasteiger partial charge in [-0.3, -0.25) is 9.79 Å². The Morgan fingerprint density at radius 2 is 2.00 bits per heavy atom. The minimum Gasteiger partial charge on any atom is -0.357 e. The molecule has 1 saturated heterocycles. The fourth-order valence-corrected chi connectivity index (χ4v) is 4.70. The summed E-state index contributed by atoms with van der Waals surface area (Å²) in [4.78, 5) is 24.9. The van der Waals surface area contributed by atoms with Crippen LogP contribution in [0.4, 0.5) is 0 Å². The molecule has 0 saturated carbocycles. The third-order valence-corrected chi connectivity index (χ3v) is 6.44. The molecule has 1 unspecified atom stereocenters. The van der Waals surface area contributed by atoms with Crippen LogP contribution in [-0.4, -0.2) is 54.5 Å². The number of aryl methyl sites for hydroxylation is 2. The number of likely N-dealkylation sites (tertiary alicyclic amines) is 1. The van der Waals surface area contributed by atoms with Gasteiger partial charge < -0.3 is 15.5 Å². The number of guanidine groups is 1. The average Bonchev–Trinajstić information content (AvgIpc) is 3.25.